The lowest BCUT2D eigenvalue weighted by Crippen LogP contribution is -2.35. The first-order valence-corrected chi connectivity index (χ1v) is 10.8. The van der Waals surface area contributed by atoms with Gasteiger partial charge in [0, 0.05) is 18.0 Å². The lowest BCUT2D eigenvalue weighted by atomic mass is 10.00. The zero-order valence-corrected chi connectivity index (χ0v) is 18.5. The topological polar surface area (TPSA) is 78.7 Å². The maximum Gasteiger partial charge on any atom is 0.295 e. The smallest absolute Gasteiger partial charge is 0.295 e. The van der Waals surface area contributed by atoms with Crippen molar-refractivity contribution in [2.75, 3.05) is 27.2 Å². The van der Waals surface area contributed by atoms with Crippen LogP contribution in [0.3, 0.4) is 0 Å². The van der Waals surface area contributed by atoms with Crippen LogP contribution in [0.4, 0.5) is 0 Å². The standard InChI is InChI=1S/C23H24N4O3S/c1-15-17(14-24-27(15)16-8-5-4-6-9-16)21(28)19-20(18-10-7-13-31-18)26(12-11-25(2)3)23(30)22(19)29/h4-10,13-14,20,28H,11-12H2,1-3H3. The normalized spacial score (nSPS) is 18.3. The molecule has 0 radical (unpaired) electrons. The first-order chi connectivity index (χ1) is 14.9. The van der Waals surface area contributed by atoms with Gasteiger partial charge in [0.05, 0.1) is 34.8 Å². The largest absolute Gasteiger partial charge is 0.507 e. The maximum absolute atomic E-state index is 13.0. The zero-order chi connectivity index (χ0) is 22.1. The fraction of sp³-hybridized carbons (Fsp3) is 0.261. The quantitative estimate of drug-likeness (QED) is 0.365. The van der Waals surface area contributed by atoms with E-state index in [0.29, 0.717) is 24.3 Å². The van der Waals surface area contributed by atoms with Crippen LogP contribution in [0.25, 0.3) is 11.4 Å². The molecule has 3 aromatic rings. The third-order valence-corrected chi connectivity index (χ3v) is 6.33. The van der Waals surface area contributed by atoms with E-state index in [1.807, 2.05) is 73.8 Å². The van der Waals surface area contributed by atoms with Gasteiger partial charge >= 0.3 is 0 Å². The molecule has 2 aromatic heterocycles. The van der Waals surface area contributed by atoms with Crippen LogP contribution in [0.1, 0.15) is 22.2 Å². The van der Waals surface area contributed by atoms with Crippen molar-refractivity contribution in [2.45, 2.75) is 13.0 Å². The fourth-order valence-electron chi connectivity index (χ4n) is 3.78. The van der Waals surface area contributed by atoms with Gasteiger partial charge in [-0.15, -0.1) is 11.3 Å². The Morgan fingerprint density at radius 3 is 2.55 bits per heavy atom. The molecule has 8 heteroatoms. The number of likely N-dealkylation sites (tertiary alicyclic amines) is 1. The molecule has 4 rings (SSSR count). The number of aliphatic hydroxyl groups excluding tert-OH is 1. The summed E-state index contributed by atoms with van der Waals surface area (Å²) in [5.41, 5.74) is 2.09. The van der Waals surface area contributed by atoms with Crippen molar-refractivity contribution in [1.82, 2.24) is 19.6 Å². The Labute approximate surface area is 184 Å². The van der Waals surface area contributed by atoms with E-state index >= 15 is 0 Å². The second-order valence-electron chi connectivity index (χ2n) is 7.70. The number of aliphatic hydroxyl groups is 1. The minimum atomic E-state index is -0.665. The average Bonchev–Trinajstić information content (AvgIpc) is 3.47. The Morgan fingerprint density at radius 1 is 1.16 bits per heavy atom. The Bertz CT molecular complexity index is 1130. The van der Waals surface area contributed by atoms with E-state index in [1.165, 1.54) is 17.5 Å². The minimum absolute atomic E-state index is 0.113. The molecule has 0 spiro atoms. The summed E-state index contributed by atoms with van der Waals surface area (Å²) in [5.74, 6) is -1.44. The highest BCUT2D eigenvalue weighted by atomic mass is 32.1. The van der Waals surface area contributed by atoms with Crippen LogP contribution in [0.2, 0.25) is 0 Å². The lowest BCUT2D eigenvalue weighted by molar-refractivity contribution is -0.140. The molecule has 1 atom stereocenters. The van der Waals surface area contributed by atoms with Gasteiger partial charge in [-0.25, -0.2) is 4.68 Å². The van der Waals surface area contributed by atoms with Gasteiger partial charge < -0.3 is 14.9 Å². The summed E-state index contributed by atoms with van der Waals surface area (Å²) in [7, 11) is 3.83. The summed E-state index contributed by atoms with van der Waals surface area (Å²) in [4.78, 5) is 30.3. The number of benzene rings is 1. The van der Waals surface area contributed by atoms with Crippen molar-refractivity contribution < 1.29 is 14.7 Å². The minimum Gasteiger partial charge on any atom is -0.507 e. The molecule has 1 saturated heterocycles. The first-order valence-electron chi connectivity index (χ1n) is 9.97. The molecule has 1 amide bonds. The number of rotatable bonds is 6. The Hall–Kier alpha value is -3.23. The van der Waals surface area contributed by atoms with Crippen molar-refractivity contribution >= 4 is 28.8 Å². The molecule has 1 N–H and O–H groups in total. The number of aromatic nitrogens is 2. The summed E-state index contributed by atoms with van der Waals surface area (Å²) in [6.07, 6.45) is 1.54. The maximum atomic E-state index is 13.0. The van der Waals surface area contributed by atoms with Gasteiger partial charge in [-0.1, -0.05) is 24.3 Å². The lowest BCUT2D eigenvalue weighted by Gasteiger charge is -2.25. The zero-order valence-electron chi connectivity index (χ0n) is 17.6. The monoisotopic (exact) mass is 436 g/mol. The summed E-state index contributed by atoms with van der Waals surface area (Å²) in [5, 5.41) is 17.5. The molecule has 3 heterocycles. The van der Waals surface area contributed by atoms with Crippen LogP contribution < -0.4 is 0 Å². The van der Waals surface area contributed by atoms with Crippen molar-refractivity contribution in [3.8, 4) is 5.69 Å². The Morgan fingerprint density at radius 2 is 1.90 bits per heavy atom. The number of amides is 1. The van der Waals surface area contributed by atoms with E-state index in [-0.39, 0.29) is 11.3 Å². The van der Waals surface area contributed by atoms with Crippen molar-refractivity contribution in [1.29, 1.82) is 0 Å². The highest BCUT2D eigenvalue weighted by Crippen LogP contribution is 2.41. The molecule has 0 saturated carbocycles. The van der Waals surface area contributed by atoms with E-state index in [1.54, 1.807) is 9.58 Å². The van der Waals surface area contributed by atoms with Crippen molar-refractivity contribution in [3.63, 3.8) is 0 Å². The number of para-hydroxylation sites is 1. The summed E-state index contributed by atoms with van der Waals surface area (Å²) >= 11 is 1.46. The molecule has 0 aliphatic carbocycles. The molecule has 1 aliphatic rings. The molecule has 31 heavy (non-hydrogen) atoms. The number of hydrogen-bond acceptors (Lipinski definition) is 6. The van der Waals surface area contributed by atoms with Gasteiger partial charge in [0.15, 0.2) is 0 Å². The summed E-state index contributed by atoms with van der Waals surface area (Å²) in [6.45, 7) is 2.83. The van der Waals surface area contributed by atoms with E-state index in [9.17, 15) is 14.7 Å². The molecular weight excluding hydrogens is 412 g/mol. The average molecular weight is 437 g/mol. The number of hydrogen-bond donors (Lipinski definition) is 1. The predicted octanol–water partition coefficient (Wildman–Crippen LogP) is 3.23. The second kappa shape index (κ2) is 8.49. The van der Waals surface area contributed by atoms with E-state index in [4.69, 9.17) is 0 Å². The molecule has 1 aliphatic heterocycles. The van der Waals surface area contributed by atoms with Crippen molar-refractivity contribution in [3.05, 3.63) is 75.7 Å². The second-order valence-corrected chi connectivity index (χ2v) is 8.68. The number of thiophene rings is 1. The number of carbonyl (C=O) groups is 2. The molecule has 7 nitrogen and oxygen atoms in total. The van der Waals surface area contributed by atoms with E-state index < -0.39 is 17.7 Å². The molecule has 1 fully saturated rings. The van der Waals surface area contributed by atoms with E-state index in [2.05, 4.69) is 5.10 Å². The van der Waals surface area contributed by atoms with Gasteiger partial charge in [-0.05, 0) is 44.6 Å². The predicted molar refractivity (Wildman–Crippen MR) is 120 cm³/mol. The van der Waals surface area contributed by atoms with E-state index in [0.717, 1.165) is 10.6 Å². The molecule has 160 valence electrons. The highest BCUT2D eigenvalue weighted by molar-refractivity contribution is 7.10. The summed E-state index contributed by atoms with van der Waals surface area (Å²) in [6, 6.07) is 12.7. The molecule has 1 aromatic carbocycles. The van der Waals surface area contributed by atoms with Crippen LogP contribution in [0.15, 0.2) is 59.6 Å². The number of ketones is 1. The van der Waals surface area contributed by atoms with Crippen LogP contribution in [0.5, 0.6) is 0 Å². The number of carbonyl (C=O) groups excluding carboxylic acids is 2. The Kier molecular flexibility index (Phi) is 5.75. The van der Waals surface area contributed by atoms with Crippen LogP contribution in [-0.4, -0.2) is 63.6 Å². The van der Waals surface area contributed by atoms with Crippen LogP contribution in [-0.2, 0) is 9.59 Å². The first kappa shape index (κ1) is 21.0. The molecule has 1 unspecified atom stereocenters. The third-order valence-electron chi connectivity index (χ3n) is 5.41. The van der Waals surface area contributed by atoms with Gasteiger partial charge in [-0.2, -0.15) is 5.10 Å². The van der Waals surface area contributed by atoms with Gasteiger partial charge in [-0.3, -0.25) is 9.59 Å². The van der Waals surface area contributed by atoms with Gasteiger partial charge in [0.1, 0.15) is 5.76 Å². The van der Waals surface area contributed by atoms with Gasteiger partial charge in [0.25, 0.3) is 11.7 Å². The van der Waals surface area contributed by atoms with Crippen LogP contribution in [0, 0.1) is 6.92 Å². The summed E-state index contributed by atoms with van der Waals surface area (Å²) < 4.78 is 1.71. The number of nitrogens with zero attached hydrogens (tertiary/aromatic N) is 4. The van der Waals surface area contributed by atoms with Crippen molar-refractivity contribution in [2.24, 2.45) is 0 Å². The third kappa shape index (κ3) is 3.80. The highest BCUT2D eigenvalue weighted by Gasteiger charge is 2.46. The number of likely N-dealkylation sites (N-methyl/N-ethyl adjacent to an activating group) is 1. The molecule has 0 bridgehead atoms. The van der Waals surface area contributed by atoms with Gasteiger partial charge in [0.2, 0.25) is 0 Å². The molecular formula is C23H24N4O3S. The van der Waals surface area contributed by atoms with Crippen LogP contribution >= 0.6 is 11.3 Å². The number of Topliss-reactive ketones (excluding diaryl/α,β-unsaturated/α-hetero) is 1. The SMILES string of the molecule is Cc1c(C(O)=C2C(=O)C(=O)N(CCN(C)C)C2c2cccs2)cnn1-c1ccccc1. The Balaban J connectivity index is 1.81. The fourth-order valence-corrected chi connectivity index (χ4v) is 4.62.